The van der Waals surface area contributed by atoms with Crippen LogP contribution < -0.4 is 16.8 Å². The fraction of sp³-hybridized carbons (Fsp3) is 0.261. The fourth-order valence-corrected chi connectivity index (χ4v) is 3.46. The number of rotatable bonds is 10. The van der Waals surface area contributed by atoms with Gasteiger partial charge in [0.05, 0.1) is 11.9 Å². The van der Waals surface area contributed by atoms with Crippen LogP contribution in [0.1, 0.15) is 46.8 Å². The molecule has 0 aliphatic carbocycles. The standard InChI is InChI=1S/C23H23N7O5.2Na/c1-2-3-14(10-15-11-26-20-18(27-15)19(24)29-23(25)30-20)12-4-6-13(7-5-12)21(33)28-16(22(34)35)8-9-17(31)32;;/h1,4-7,11,14,16H,3,8-10H2,(H,28,33)(H,31,32)(H,34,35)(H4,24,25,26,29,30);;/t14?,16-;;/m0../s1. The maximum Gasteiger partial charge on any atom is 0.326 e. The molecule has 1 amide bonds. The zero-order valence-corrected chi connectivity index (χ0v) is 24.5. The molecule has 37 heavy (non-hydrogen) atoms. The fourth-order valence-electron chi connectivity index (χ4n) is 3.46. The van der Waals surface area contributed by atoms with Crippen molar-refractivity contribution in [2.45, 2.75) is 37.6 Å². The number of hydrogen-bond acceptors (Lipinski definition) is 9. The first-order valence-electron chi connectivity index (χ1n) is 10.5. The number of nitrogens with two attached hydrogens (primary N) is 2. The summed E-state index contributed by atoms with van der Waals surface area (Å²) in [4.78, 5) is 51.2. The number of nitrogens with zero attached hydrogens (tertiary/aromatic N) is 4. The van der Waals surface area contributed by atoms with E-state index in [1.807, 2.05) is 0 Å². The molecule has 3 rings (SSSR count). The predicted molar refractivity (Wildman–Crippen MR) is 138 cm³/mol. The Morgan fingerprint density at radius 3 is 2.32 bits per heavy atom. The van der Waals surface area contributed by atoms with E-state index in [-0.39, 0.29) is 101 Å². The van der Waals surface area contributed by atoms with Crippen molar-refractivity contribution in [2.24, 2.45) is 0 Å². The largest absolute Gasteiger partial charge is 0.481 e. The van der Waals surface area contributed by atoms with E-state index < -0.39 is 23.9 Å². The third kappa shape index (κ3) is 8.92. The first kappa shape index (κ1) is 32.2. The topological polar surface area (TPSA) is 207 Å². The van der Waals surface area contributed by atoms with Crippen molar-refractivity contribution in [1.29, 1.82) is 0 Å². The van der Waals surface area contributed by atoms with Crippen LogP contribution in [-0.4, -0.2) is 113 Å². The molecule has 2 radical (unpaired) electrons. The molecular formula is C23H23N7Na2O5. The maximum absolute atomic E-state index is 12.5. The van der Waals surface area contributed by atoms with Crippen LogP contribution in [0, 0.1) is 12.3 Å². The van der Waals surface area contributed by atoms with Gasteiger partial charge >= 0.3 is 11.9 Å². The molecule has 0 bridgehead atoms. The van der Waals surface area contributed by atoms with Gasteiger partial charge in [0.2, 0.25) is 5.95 Å². The van der Waals surface area contributed by atoms with Crippen molar-refractivity contribution in [3.05, 3.63) is 47.3 Å². The first-order chi connectivity index (χ1) is 16.7. The molecular weight excluding hydrogens is 500 g/mol. The number of carboxylic acid groups (broad SMARTS) is 2. The van der Waals surface area contributed by atoms with E-state index in [0.717, 1.165) is 5.56 Å². The Morgan fingerprint density at radius 2 is 1.73 bits per heavy atom. The number of nitrogen functional groups attached to an aromatic ring is 2. The summed E-state index contributed by atoms with van der Waals surface area (Å²) < 4.78 is 0. The van der Waals surface area contributed by atoms with Crippen molar-refractivity contribution in [3.63, 3.8) is 0 Å². The number of benzene rings is 1. The minimum absolute atomic E-state index is 0. The summed E-state index contributed by atoms with van der Waals surface area (Å²) in [5, 5.41) is 20.3. The summed E-state index contributed by atoms with van der Waals surface area (Å²) in [5.41, 5.74) is 13.8. The number of carbonyl (C=O) groups excluding carboxylic acids is 1. The first-order valence-corrected chi connectivity index (χ1v) is 10.5. The minimum atomic E-state index is -1.31. The van der Waals surface area contributed by atoms with E-state index >= 15 is 0 Å². The Bertz CT molecular complexity index is 1320. The normalized spacial score (nSPS) is 11.8. The number of nitrogens with one attached hydrogen (secondary N) is 1. The average molecular weight is 523 g/mol. The molecule has 14 heteroatoms. The second-order valence-corrected chi connectivity index (χ2v) is 7.73. The molecule has 3 aromatic rings. The summed E-state index contributed by atoms with van der Waals surface area (Å²) in [7, 11) is 0. The zero-order valence-electron chi connectivity index (χ0n) is 20.5. The second-order valence-electron chi connectivity index (χ2n) is 7.73. The number of fused-ring (bicyclic) bond motifs is 1. The number of hydrogen-bond donors (Lipinski definition) is 5. The Morgan fingerprint density at radius 1 is 1.05 bits per heavy atom. The summed E-state index contributed by atoms with van der Waals surface area (Å²) in [6.45, 7) is 0. The monoisotopic (exact) mass is 523 g/mol. The summed E-state index contributed by atoms with van der Waals surface area (Å²) >= 11 is 0. The molecule has 2 heterocycles. The number of aliphatic carboxylic acids is 2. The van der Waals surface area contributed by atoms with E-state index in [2.05, 4.69) is 31.2 Å². The summed E-state index contributed by atoms with van der Waals surface area (Å²) in [5.74, 6) is -0.479. The van der Waals surface area contributed by atoms with Gasteiger partial charge in [0.25, 0.3) is 5.91 Å². The quantitative estimate of drug-likeness (QED) is 0.179. The summed E-state index contributed by atoms with van der Waals surface area (Å²) in [6.07, 6.45) is 7.32. The van der Waals surface area contributed by atoms with Gasteiger partial charge in [-0.3, -0.25) is 9.59 Å². The molecule has 2 atom stereocenters. The SMILES string of the molecule is C#CCC(Cc1cnc2nc(N)nc(N)c2n1)c1ccc(C(=O)N[C@@H](CCC(=O)O)C(=O)O)cc1.[Na].[Na]. The molecule has 182 valence electrons. The van der Waals surface area contributed by atoms with Gasteiger partial charge in [-0.2, -0.15) is 9.97 Å². The van der Waals surface area contributed by atoms with Crippen molar-refractivity contribution in [3.8, 4) is 12.3 Å². The predicted octanol–water partition coefficient (Wildman–Crippen LogP) is 0.220. The Hall–Kier alpha value is -2.79. The van der Waals surface area contributed by atoms with Gasteiger partial charge < -0.3 is 27.0 Å². The number of anilines is 2. The molecule has 0 fully saturated rings. The van der Waals surface area contributed by atoms with E-state index in [1.165, 1.54) is 0 Å². The number of carbonyl (C=O) groups is 3. The maximum atomic E-state index is 12.5. The van der Waals surface area contributed by atoms with E-state index in [0.29, 0.717) is 24.1 Å². The van der Waals surface area contributed by atoms with Gasteiger partial charge in [0.1, 0.15) is 6.04 Å². The smallest absolute Gasteiger partial charge is 0.326 e. The van der Waals surface area contributed by atoms with Crippen LogP contribution in [0.5, 0.6) is 0 Å². The van der Waals surface area contributed by atoms with Gasteiger partial charge in [-0.15, -0.1) is 12.3 Å². The molecule has 1 unspecified atom stereocenters. The number of aromatic nitrogens is 4. The van der Waals surface area contributed by atoms with Crippen LogP contribution in [-0.2, 0) is 16.0 Å². The van der Waals surface area contributed by atoms with Crippen LogP contribution in [0.25, 0.3) is 11.2 Å². The van der Waals surface area contributed by atoms with Gasteiger partial charge in [-0.05, 0) is 30.5 Å². The summed E-state index contributed by atoms with van der Waals surface area (Å²) in [6, 6.07) is 5.22. The van der Waals surface area contributed by atoms with Crippen molar-refractivity contribution < 1.29 is 24.6 Å². The van der Waals surface area contributed by atoms with Crippen molar-refractivity contribution in [2.75, 3.05) is 11.5 Å². The third-order valence-corrected chi connectivity index (χ3v) is 5.22. The molecule has 7 N–H and O–H groups in total. The molecule has 0 saturated carbocycles. The van der Waals surface area contributed by atoms with Crippen LogP contribution in [0.15, 0.2) is 30.5 Å². The zero-order chi connectivity index (χ0) is 25.5. The minimum Gasteiger partial charge on any atom is -0.481 e. The number of terminal acetylenes is 1. The Kier molecular flexibility index (Phi) is 12.9. The van der Waals surface area contributed by atoms with Gasteiger partial charge in [0.15, 0.2) is 17.0 Å². The van der Waals surface area contributed by atoms with Gasteiger partial charge in [0, 0.05) is 83.4 Å². The van der Waals surface area contributed by atoms with E-state index in [1.54, 1.807) is 30.5 Å². The van der Waals surface area contributed by atoms with E-state index in [9.17, 15) is 19.5 Å². The van der Waals surface area contributed by atoms with Crippen molar-refractivity contribution in [1.82, 2.24) is 25.3 Å². The van der Waals surface area contributed by atoms with E-state index in [4.69, 9.17) is 23.0 Å². The third-order valence-electron chi connectivity index (χ3n) is 5.22. The molecule has 0 aliphatic rings. The van der Waals surface area contributed by atoms with Crippen LogP contribution >= 0.6 is 0 Å². The molecule has 12 nitrogen and oxygen atoms in total. The molecule has 0 aliphatic heterocycles. The van der Waals surface area contributed by atoms with Gasteiger partial charge in [-0.25, -0.2) is 14.8 Å². The molecule has 1 aromatic carbocycles. The van der Waals surface area contributed by atoms with Crippen LogP contribution in [0.3, 0.4) is 0 Å². The van der Waals surface area contributed by atoms with Crippen LogP contribution in [0.2, 0.25) is 0 Å². The van der Waals surface area contributed by atoms with Crippen molar-refractivity contribution >= 4 is 99.9 Å². The van der Waals surface area contributed by atoms with Crippen LogP contribution in [0.4, 0.5) is 11.8 Å². The molecule has 2 aromatic heterocycles. The number of carboxylic acids is 2. The molecule has 0 saturated heterocycles. The number of amides is 1. The Balaban J connectivity index is 0.00000342. The average Bonchev–Trinajstić information content (AvgIpc) is 2.81. The second kappa shape index (κ2) is 14.8. The van der Waals surface area contributed by atoms with Gasteiger partial charge in [-0.1, -0.05) is 12.1 Å². The Labute approximate surface area is 256 Å². The molecule has 0 spiro atoms.